The van der Waals surface area contributed by atoms with Crippen LogP contribution in [0.4, 0.5) is 0 Å². The van der Waals surface area contributed by atoms with Gasteiger partial charge in [0.2, 0.25) is 0 Å². The lowest BCUT2D eigenvalue weighted by Gasteiger charge is -2.29. The van der Waals surface area contributed by atoms with Crippen molar-refractivity contribution in [3.8, 4) is 0 Å². The van der Waals surface area contributed by atoms with Gasteiger partial charge in [-0.15, -0.1) is 0 Å². The standard InChI is InChI=1S/C16H26ClN/c1-6-9-18-16(13(5)11(2)3)14-8-7-12(4)15(17)10-14/h7-8,10-11,13,16,18H,6,9H2,1-5H3. The normalized spacial score (nSPS) is 14.8. The van der Waals surface area contributed by atoms with E-state index in [9.17, 15) is 0 Å². The Labute approximate surface area is 117 Å². The van der Waals surface area contributed by atoms with E-state index >= 15 is 0 Å². The number of rotatable bonds is 6. The molecule has 0 spiro atoms. The molecule has 1 aromatic carbocycles. The number of benzene rings is 1. The van der Waals surface area contributed by atoms with Gasteiger partial charge >= 0.3 is 0 Å². The van der Waals surface area contributed by atoms with E-state index in [2.05, 4.69) is 51.2 Å². The Balaban J connectivity index is 2.97. The van der Waals surface area contributed by atoms with Crippen molar-refractivity contribution in [2.24, 2.45) is 11.8 Å². The third-order valence-corrected chi connectivity index (χ3v) is 4.15. The summed E-state index contributed by atoms with van der Waals surface area (Å²) < 4.78 is 0. The minimum Gasteiger partial charge on any atom is -0.310 e. The van der Waals surface area contributed by atoms with Crippen molar-refractivity contribution in [3.05, 3.63) is 34.3 Å². The molecule has 0 saturated heterocycles. The maximum Gasteiger partial charge on any atom is 0.0438 e. The second-order valence-electron chi connectivity index (χ2n) is 5.54. The molecule has 2 unspecified atom stereocenters. The summed E-state index contributed by atoms with van der Waals surface area (Å²) in [4.78, 5) is 0. The average molecular weight is 268 g/mol. The summed E-state index contributed by atoms with van der Waals surface area (Å²) >= 11 is 6.25. The molecule has 0 bridgehead atoms. The van der Waals surface area contributed by atoms with Gasteiger partial charge in [0.05, 0.1) is 0 Å². The van der Waals surface area contributed by atoms with E-state index in [4.69, 9.17) is 11.6 Å². The first-order valence-corrected chi connectivity index (χ1v) is 7.34. The van der Waals surface area contributed by atoms with Gasteiger partial charge in [-0.2, -0.15) is 0 Å². The van der Waals surface area contributed by atoms with Crippen molar-refractivity contribution in [1.82, 2.24) is 5.32 Å². The molecule has 0 aliphatic rings. The van der Waals surface area contributed by atoms with Crippen LogP contribution in [-0.2, 0) is 0 Å². The number of aryl methyl sites for hydroxylation is 1. The van der Waals surface area contributed by atoms with Crippen molar-refractivity contribution in [2.75, 3.05) is 6.54 Å². The zero-order valence-electron chi connectivity index (χ0n) is 12.3. The van der Waals surface area contributed by atoms with Crippen molar-refractivity contribution < 1.29 is 0 Å². The van der Waals surface area contributed by atoms with E-state index < -0.39 is 0 Å². The van der Waals surface area contributed by atoms with Crippen LogP contribution >= 0.6 is 11.6 Å². The van der Waals surface area contributed by atoms with E-state index in [1.807, 2.05) is 6.92 Å². The fourth-order valence-corrected chi connectivity index (χ4v) is 2.28. The van der Waals surface area contributed by atoms with Gasteiger partial charge in [-0.1, -0.05) is 51.4 Å². The highest BCUT2D eigenvalue weighted by Gasteiger charge is 2.21. The fraction of sp³-hybridized carbons (Fsp3) is 0.625. The molecule has 1 aromatic rings. The third-order valence-electron chi connectivity index (χ3n) is 3.75. The zero-order valence-corrected chi connectivity index (χ0v) is 13.0. The first-order chi connectivity index (χ1) is 8.47. The van der Waals surface area contributed by atoms with Crippen LogP contribution in [0, 0.1) is 18.8 Å². The minimum atomic E-state index is 0.392. The van der Waals surface area contributed by atoms with E-state index in [1.165, 1.54) is 5.56 Å². The summed E-state index contributed by atoms with van der Waals surface area (Å²) in [7, 11) is 0. The molecular formula is C16H26ClN. The first-order valence-electron chi connectivity index (χ1n) is 6.96. The number of halogens is 1. The second kappa shape index (κ2) is 7.16. The predicted octanol–water partition coefficient (Wildman–Crippen LogP) is 4.98. The van der Waals surface area contributed by atoms with Crippen LogP contribution in [0.25, 0.3) is 0 Å². The molecule has 1 rings (SSSR count). The highest BCUT2D eigenvalue weighted by atomic mass is 35.5. The molecule has 18 heavy (non-hydrogen) atoms. The molecule has 0 saturated carbocycles. The summed E-state index contributed by atoms with van der Waals surface area (Å²) in [6.07, 6.45) is 1.15. The van der Waals surface area contributed by atoms with E-state index in [-0.39, 0.29) is 0 Å². The lowest BCUT2D eigenvalue weighted by molar-refractivity contribution is 0.304. The quantitative estimate of drug-likeness (QED) is 0.766. The summed E-state index contributed by atoms with van der Waals surface area (Å²) in [5.41, 5.74) is 2.45. The fourth-order valence-electron chi connectivity index (χ4n) is 2.09. The molecule has 102 valence electrons. The van der Waals surface area contributed by atoms with Gasteiger partial charge < -0.3 is 5.32 Å². The van der Waals surface area contributed by atoms with Crippen molar-refractivity contribution in [3.63, 3.8) is 0 Å². The van der Waals surface area contributed by atoms with Crippen molar-refractivity contribution >= 4 is 11.6 Å². The maximum atomic E-state index is 6.25. The molecule has 0 aromatic heterocycles. The predicted molar refractivity (Wildman–Crippen MR) is 81.2 cm³/mol. The molecule has 0 aliphatic heterocycles. The third kappa shape index (κ3) is 4.00. The number of hydrogen-bond acceptors (Lipinski definition) is 1. The molecule has 0 fully saturated rings. The highest BCUT2D eigenvalue weighted by molar-refractivity contribution is 6.31. The largest absolute Gasteiger partial charge is 0.310 e. The van der Waals surface area contributed by atoms with Crippen LogP contribution in [0.2, 0.25) is 5.02 Å². The summed E-state index contributed by atoms with van der Waals surface area (Å²) in [6.45, 7) is 12.2. The van der Waals surface area contributed by atoms with Crippen molar-refractivity contribution in [1.29, 1.82) is 0 Å². The SMILES string of the molecule is CCCNC(c1ccc(C)c(Cl)c1)C(C)C(C)C. The Kier molecular flexibility index (Phi) is 6.17. The van der Waals surface area contributed by atoms with Crippen molar-refractivity contribution in [2.45, 2.75) is 47.1 Å². The molecular weight excluding hydrogens is 242 g/mol. The van der Waals surface area contributed by atoms with Gasteiger partial charge in [-0.05, 0) is 48.9 Å². The van der Waals surface area contributed by atoms with E-state index in [0.717, 1.165) is 23.6 Å². The molecule has 2 heteroatoms. The Morgan fingerprint density at radius 3 is 2.39 bits per heavy atom. The lowest BCUT2D eigenvalue weighted by atomic mass is 9.85. The summed E-state index contributed by atoms with van der Waals surface area (Å²) in [5.74, 6) is 1.25. The van der Waals surface area contributed by atoms with E-state index in [1.54, 1.807) is 0 Å². The Bertz CT molecular complexity index is 373. The maximum absolute atomic E-state index is 6.25. The number of nitrogens with one attached hydrogen (secondary N) is 1. The lowest BCUT2D eigenvalue weighted by Crippen LogP contribution is -2.30. The molecule has 1 N–H and O–H groups in total. The van der Waals surface area contributed by atoms with Crippen LogP contribution in [0.3, 0.4) is 0 Å². The van der Waals surface area contributed by atoms with Crippen LogP contribution < -0.4 is 5.32 Å². The highest BCUT2D eigenvalue weighted by Crippen LogP contribution is 2.30. The topological polar surface area (TPSA) is 12.0 Å². The van der Waals surface area contributed by atoms with Gasteiger partial charge in [0.25, 0.3) is 0 Å². The zero-order chi connectivity index (χ0) is 13.7. The molecule has 0 aliphatic carbocycles. The Morgan fingerprint density at radius 2 is 1.89 bits per heavy atom. The monoisotopic (exact) mass is 267 g/mol. The van der Waals surface area contributed by atoms with Crippen LogP contribution in [-0.4, -0.2) is 6.54 Å². The number of hydrogen-bond donors (Lipinski definition) is 1. The summed E-state index contributed by atoms with van der Waals surface area (Å²) in [6, 6.07) is 6.82. The van der Waals surface area contributed by atoms with Gasteiger partial charge in [0.1, 0.15) is 0 Å². The van der Waals surface area contributed by atoms with Crippen LogP contribution in [0.1, 0.15) is 51.3 Å². The molecule has 0 radical (unpaired) electrons. The van der Waals surface area contributed by atoms with Crippen LogP contribution in [0.15, 0.2) is 18.2 Å². The average Bonchev–Trinajstić information content (AvgIpc) is 2.33. The van der Waals surface area contributed by atoms with Gasteiger partial charge in [0.15, 0.2) is 0 Å². The smallest absolute Gasteiger partial charge is 0.0438 e. The van der Waals surface area contributed by atoms with Crippen LogP contribution in [0.5, 0.6) is 0 Å². The molecule has 2 atom stereocenters. The van der Waals surface area contributed by atoms with Gasteiger partial charge in [-0.3, -0.25) is 0 Å². The van der Waals surface area contributed by atoms with Gasteiger partial charge in [0, 0.05) is 11.1 Å². The molecule has 0 heterocycles. The Morgan fingerprint density at radius 1 is 1.22 bits per heavy atom. The first kappa shape index (κ1) is 15.5. The second-order valence-corrected chi connectivity index (χ2v) is 5.95. The molecule has 1 nitrogen and oxygen atoms in total. The van der Waals surface area contributed by atoms with E-state index in [0.29, 0.717) is 17.9 Å². The minimum absolute atomic E-state index is 0.392. The summed E-state index contributed by atoms with van der Waals surface area (Å²) in [5, 5.41) is 4.52. The van der Waals surface area contributed by atoms with Gasteiger partial charge in [-0.25, -0.2) is 0 Å². The Hall–Kier alpha value is -0.530. The molecule has 0 amide bonds.